The Morgan fingerprint density at radius 1 is 1.17 bits per heavy atom. The van der Waals surface area contributed by atoms with Crippen molar-refractivity contribution >= 4 is 21.7 Å². The highest BCUT2D eigenvalue weighted by Crippen LogP contribution is 2.17. The molecule has 2 N–H and O–H groups in total. The minimum atomic E-state index is -3.61. The third-order valence-corrected chi connectivity index (χ3v) is 4.80. The zero-order chi connectivity index (χ0) is 17.0. The maximum Gasteiger partial charge on any atom is 0.257 e. The minimum absolute atomic E-state index is 0.0623. The van der Waals surface area contributed by atoms with E-state index in [2.05, 4.69) is 15.0 Å². The molecule has 2 aromatic rings. The van der Waals surface area contributed by atoms with E-state index in [1.54, 1.807) is 32.2 Å². The van der Waals surface area contributed by atoms with Gasteiger partial charge in [-0.25, -0.2) is 18.1 Å². The van der Waals surface area contributed by atoms with Gasteiger partial charge in [-0.15, -0.1) is 0 Å². The van der Waals surface area contributed by atoms with E-state index in [4.69, 9.17) is 0 Å². The van der Waals surface area contributed by atoms with Crippen molar-refractivity contribution in [3.05, 3.63) is 53.2 Å². The summed E-state index contributed by atoms with van der Waals surface area (Å²) in [6.07, 6.45) is 1.60. The number of hydrogen-bond donors (Lipinski definition) is 2. The summed E-state index contributed by atoms with van der Waals surface area (Å²) in [6, 6.07) is 8.03. The van der Waals surface area contributed by atoms with Gasteiger partial charge in [-0.2, -0.15) is 0 Å². The van der Waals surface area contributed by atoms with Gasteiger partial charge in [0.05, 0.1) is 4.90 Å². The van der Waals surface area contributed by atoms with Gasteiger partial charge in [0, 0.05) is 18.3 Å². The third-order valence-electron chi connectivity index (χ3n) is 3.26. The van der Waals surface area contributed by atoms with Crippen LogP contribution in [0.5, 0.6) is 0 Å². The molecule has 0 aliphatic carbocycles. The lowest BCUT2D eigenvalue weighted by Gasteiger charge is -2.10. The van der Waals surface area contributed by atoms with E-state index in [1.165, 1.54) is 12.1 Å². The summed E-state index contributed by atoms with van der Waals surface area (Å²) in [5.41, 5.74) is 1.95. The maximum atomic E-state index is 12.4. The van der Waals surface area contributed by atoms with Crippen LogP contribution in [0.2, 0.25) is 0 Å². The van der Waals surface area contributed by atoms with Crippen LogP contribution in [0, 0.1) is 13.8 Å². The van der Waals surface area contributed by atoms with Crippen molar-refractivity contribution in [2.45, 2.75) is 25.7 Å². The van der Waals surface area contributed by atoms with Crippen molar-refractivity contribution in [1.82, 2.24) is 9.71 Å². The highest BCUT2D eigenvalue weighted by molar-refractivity contribution is 7.89. The Labute approximate surface area is 136 Å². The number of pyridine rings is 1. The first kappa shape index (κ1) is 17.1. The molecule has 0 atom stereocenters. The number of amides is 1. The molecule has 0 bridgehead atoms. The molecule has 7 heteroatoms. The smallest absolute Gasteiger partial charge is 0.257 e. The monoisotopic (exact) mass is 333 g/mol. The molecule has 1 heterocycles. The molecule has 0 fully saturated rings. The molecular weight excluding hydrogens is 314 g/mol. The van der Waals surface area contributed by atoms with E-state index in [0.29, 0.717) is 16.9 Å². The Hall–Kier alpha value is -2.25. The molecule has 2 rings (SSSR count). The van der Waals surface area contributed by atoms with Crippen LogP contribution in [0.15, 0.2) is 41.4 Å². The SMILES string of the molecule is CCNS(=O)(=O)c1ccc(C)c(C(=O)Nc2cc(C)ccn2)c1. The zero-order valence-electron chi connectivity index (χ0n) is 13.3. The Bertz CT molecular complexity index is 832. The number of rotatable bonds is 5. The number of carbonyl (C=O) groups excluding carboxylic acids is 1. The van der Waals surface area contributed by atoms with Crippen LogP contribution in [0.25, 0.3) is 0 Å². The second-order valence-electron chi connectivity index (χ2n) is 5.15. The summed E-state index contributed by atoms with van der Waals surface area (Å²) in [4.78, 5) is 16.6. The summed E-state index contributed by atoms with van der Waals surface area (Å²) in [5.74, 6) is 0.0310. The van der Waals surface area contributed by atoms with Gasteiger partial charge in [0.15, 0.2) is 0 Å². The summed E-state index contributed by atoms with van der Waals surface area (Å²) < 4.78 is 26.5. The van der Waals surface area contributed by atoms with Gasteiger partial charge < -0.3 is 5.32 Å². The Morgan fingerprint density at radius 3 is 2.57 bits per heavy atom. The number of aryl methyl sites for hydroxylation is 2. The van der Waals surface area contributed by atoms with Crippen LogP contribution < -0.4 is 10.0 Å². The van der Waals surface area contributed by atoms with Gasteiger partial charge >= 0.3 is 0 Å². The van der Waals surface area contributed by atoms with Gasteiger partial charge in [0.25, 0.3) is 5.91 Å². The first-order chi connectivity index (χ1) is 10.8. The average molecular weight is 333 g/mol. The standard InChI is InChI=1S/C16H19N3O3S/c1-4-18-23(21,22)13-6-5-12(3)14(10-13)16(20)19-15-9-11(2)7-8-17-15/h5-10,18H,4H2,1-3H3,(H,17,19,20). The van der Waals surface area contributed by atoms with E-state index < -0.39 is 15.9 Å². The third kappa shape index (κ3) is 4.14. The lowest BCUT2D eigenvalue weighted by atomic mass is 10.1. The number of aromatic nitrogens is 1. The van der Waals surface area contributed by atoms with E-state index in [9.17, 15) is 13.2 Å². The van der Waals surface area contributed by atoms with Gasteiger partial charge in [-0.1, -0.05) is 13.0 Å². The highest BCUT2D eigenvalue weighted by Gasteiger charge is 2.17. The molecule has 0 aliphatic heterocycles. The van der Waals surface area contributed by atoms with Crippen molar-refractivity contribution in [3.8, 4) is 0 Å². The predicted molar refractivity (Wildman–Crippen MR) is 89.0 cm³/mol. The average Bonchev–Trinajstić information content (AvgIpc) is 2.47. The molecule has 6 nitrogen and oxygen atoms in total. The maximum absolute atomic E-state index is 12.4. The molecular formula is C16H19N3O3S. The number of hydrogen-bond acceptors (Lipinski definition) is 4. The normalized spacial score (nSPS) is 11.3. The summed E-state index contributed by atoms with van der Waals surface area (Å²) in [5, 5.41) is 2.69. The number of nitrogens with zero attached hydrogens (tertiary/aromatic N) is 1. The quantitative estimate of drug-likeness (QED) is 0.878. The highest BCUT2D eigenvalue weighted by atomic mass is 32.2. The summed E-state index contributed by atoms with van der Waals surface area (Å²) >= 11 is 0. The second kappa shape index (κ2) is 6.89. The van der Waals surface area contributed by atoms with Crippen LogP contribution >= 0.6 is 0 Å². The predicted octanol–water partition coefficient (Wildman–Crippen LogP) is 2.25. The van der Waals surface area contributed by atoms with Gasteiger partial charge in [0.2, 0.25) is 10.0 Å². The van der Waals surface area contributed by atoms with Crippen molar-refractivity contribution in [2.24, 2.45) is 0 Å². The number of carbonyl (C=O) groups is 1. The lowest BCUT2D eigenvalue weighted by Crippen LogP contribution is -2.24. The number of anilines is 1. The zero-order valence-corrected chi connectivity index (χ0v) is 14.1. The molecule has 0 spiro atoms. The van der Waals surface area contributed by atoms with Crippen molar-refractivity contribution in [3.63, 3.8) is 0 Å². The van der Waals surface area contributed by atoms with E-state index >= 15 is 0 Å². The molecule has 122 valence electrons. The molecule has 1 aromatic carbocycles. The van der Waals surface area contributed by atoms with E-state index in [1.807, 2.05) is 13.0 Å². The number of sulfonamides is 1. The Kier molecular flexibility index (Phi) is 5.12. The van der Waals surface area contributed by atoms with Gasteiger partial charge in [-0.3, -0.25) is 4.79 Å². The molecule has 1 amide bonds. The Morgan fingerprint density at radius 2 is 1.91 bits per heavy atom. The van der Waals surface area contributed by atoms with Crippen LogP contribution in [-0.4, -0.2) is 25.9 Å². The van der Waals surface area contributed by atoms with Gasteiger partial charge in [0.1, 0.15) is 5.82 Å². The van der Waals surface area contributed by atoms with Crippen LogP contribution in [0.1, 0.15) is 28.4 Å². The van der Waals surface area contributed by atoms with Crippen molar-refractivity contribution in [2.75, 3.05) is 11.9 Å². The first-order valence-corrected chi connectivity index (χ1v) is 8.66. The minimum Gasteiger partial charge on any atom is -0.307 e. The largest absolute Gasteiger partial charge is 0.307 e. The molecule has 1 aromatic heterocycles. The van der Waals surface area contributed by atoms with Gasteiger partial charge in [-0.05, 0) is 49.2 Å². The first-order valence-electron chi connectivity index (χ1n) is 7.18. The summed E-state index contributed by atoms with van der Waals surface area (Å²) in [6.45, 7) is 5.63. The fourth-order valence-electron chi connectivity index (χ4n) is 2.07. The Balaban J connectivity index is 2.33. The van der Waals surface area contributed by atoms with Crippen molar-refractivity contribution < 1.29 is 13.2 Å². The molecule has 0 radical (unpaired) electrons. The molecule has 0 saturated carbocycles. The van der Waals surface area contributed by atoms with E-state index in [-0.39, 0.29) is 11.4 Å². The fourth-order valence-corrected chi connectivity index (χ4v) is 3.14. The number of benzene rings is 1. The van der Waals surface area contributed by atoms with E-state index in [0.717, 1.165) is 5.56 Å². The molecule has 0 unspecified atom stereocenters. The van der Waals surface area contributed by atoms with Crippen LogP contribution in [0.3, 0.4) is 0 Å². The number of nitrogens with one attached hydrogen (secondary N) is 2. The van der Waals surface area contributed by atoms with Crippen molar-refractivity contribution in [1.29, 1.82) is 0 Å². The fraction of sp³-hybridized carbons (Fsp3) is 0.250. The summed E-state index contributed by atoms with van der Waals surface area (Å²) in [7, 11) is -3.61. The lowest BCUT2D eigenvalue weighted by molar-refractivity contribution is 0.102. The topological polar surface area (TPSA) is 88.2 Å². The second-order valence-corrected chi connectivity index (χ2v) is 6.92. The van der Waals surface area contributed by atoms with Crippen LogP contribution in [-0.2, 0) is 10.0 Å². The van der Waals surface area contributed by atoms with Crippen LogP contribution in [0.4, 0.5) is 5.82 Å². The molecule has 0 saturated heterocycles. The molecule has 23 heavy (non-hydrogen) atoms. The molecule has 0 aliphatic rings.